The van der Waals surface area contributed by atoms with E-state index in [2.05, 4.69) is 5.32 Å². The molecule has 1 rings (SSSR count). The number of amides is 2. The van der Waals surface area contributed by atoms with E-state index >= 15 is 0 Å². The van der Waals surface area contributed by atoms with Gasteiger partial charge in [-0.15, -0.1) is 0 Å². The third kappa shape index (κ3) is 5.93. The molecule has 7 nitrogen and oxygen atoms in total. The van der Waals surface area contributed by atoms with Crippen molar-refractivity contribution >= 4 is 17.7 Å². The summed E-state index contributed by atoms with van der Waals surface area (Å²) >= 11 is 0. The van der Waals surface area contributed by atoms with Crippen LogP contribution in [0, 0.1) is 11.3 Å². The summed E-state index contributed by atoms with van der Waals surface area (Å²) in [6, 6.07) is 8.32. The van der Waals surface area contributed by atoms with E-state index < -0.39 is 18.5 Å². The number of carboxylic acids is 1. The highest BCUT2D eigenvalue weighted by Crippen LogP contribution is 2.10. The summed E-state index contributed by atoms with van der Waals surface area (Å²) in [5.74, 6) is -1.09. The van der Waals surface area contributed by atoms with Gasteiger partial charge in [-0.1, -0.05) is 12.1 Å². The van der Waals surface area contributed by atoms with Gasteiger partial charge in [0.25, 0.3) is 0 Å². The Morgan fingerprint density at radius 3 is 2.57 bits per heavy atom. The molecule has 112 valence electrons. The second-order valence-electron chi connectivity index (χ2n) is 4.27. The average Bonchev–Trinajstić information content (AvgIpc) is 2.45. The highest BCUT2D eigenvalue weighted by molar-refractivity contribution is 5.91. The third-order valence-electron chi connectivity index (χ3n) is 2.67. The smallest absolute Gasteiger partial charge is 0.323 e. The Morgan fingerprint density at radius 2 is 2.05 bits per heavy atom. The van der Waals surface area contributed by atoms with Crippen LogP contribution in [-0.2, 0) is 16.0 Å². The molecule has 2 N–H and O–H groups in total. The maximum Gasteiger partial charge on any atom is 0.323 e. The summed E-state index contributed by atoms with van der Waals surface area (Å²) in [4.78, 5) is 23.9. The third-order valence-corrected chi connectivity index (χ3v) is 2.67. The van der Waals surface area contributed by atoms with Gasteiger partial charge in [0.2, 0.25) is 0 Å². The molecule has 0 fully saturated rings. The second kappa shape index (κ2) is 8.55. The molecule has 0 aliphatic heterocycles. The Bertz CT molecular complexity index is 522. The van der Waals surface area contributed by atoms with Gasteiger partial charge in [-0.2, -0.15) is 5.26 Å². The van der Waals surface area contributed by atoms with Crippen molar-refractivity contribution in [2.24, 2.45) is 0 Å². The van der Waals surface area contributed by atoms with Gasteiger partial charge >= 0.3 is 12.0 Å². The predicted molar refractivity (Wildman–Crippen MR) is 75.9 cm³/mol. The van der Waals surface area contributed by atoms with Gasteiger partial charge in [-0.25, -0.2) is 4.79 Å². The zero-order chi connectivity index (χ0) is 15.7. The van der Waals surface area contributed by atoms with Gasteiger partial charge in [0.15, 0.2) is 0 Å². The van der Waals surface area contributed by atoms with Crippen LogP contribution in [0.5, 0.6) is 0 Å². The van der Waals surface area contributed by atoms with E-state index in [0.29, 0.717) is 12.1 Å². The van der Waals surface area contributed by atoms with Crippen LogP contribution in [0.25, 0.3) is 0 Å². The summed E-state index contributed by atoms with van der Waals surface area (Å²) in [7, 11) is 1.48. The lowest BCUT2D eigenvalue weighted by Crippen LogP contribution is -2.40. The van der Waals surface area contributed by atoms with Crippen LogP contribution in [0.4, 0.5) is 10.5 Å². The van der Waals surface area contributed by atoms with Crippen molar-refractivity contribution in [3.8, 4) is 6.07 Å². The molecule has 0 unspecified atom stereocenters. The van der Waals surface area contributed by atoms with Gasteiger partial charge in [-0.05, 0) is 17.7 Å². The number of carbonyl (C=O) groups excluding carboxylic acids is 1. The molecular formula is C14H17N3O4. The number of methoxy groups -OCH3 is 1. The molecule has 21 heavy (non-hydrogen) atoms. The summed E-state index contributed by atoms with van der Waals surface area (Å²) in [6.45, 7) is 0.0324. The Hall–Kier alpha value is -2.59. The minimum atomic E-state index is -1.09. The van der Waals surface area contributed by atoms with Crippen LogP contribution >= 0.6 is 0 Å². The van der Waals surface area contributed by atoms with Gasteiger partial charge in [0, 0.05) is 19.3 Å². The molecule has 0 aromatic heterocycles. The first-order valence-electron chi connectivity index (χ1n) is 6.29. The monoisotopic (exact) mass is 291 g/mol. The number of carbonyl (C=O) groups is 2. The SMILES string of the molecule is COCCN(CC(=O)O)C(=O)Nc1ccc(CC#N)cc1. The van der Waals surface area contributed by atoms with Crippen molar-refractivity contribution in [3.05, 3.63) is 29.8 Å². The number of nitriles is 1. The molecule has 0 saturated carbocycles. The fourth-order valence-corrected chi connectivity index (χ4v) is 1.62. The normalized spacial score (nSPS) is 9.71. The van der Waals surface area contributed by atoms with Crippen molar-refractivity contribution < 1.29 is 19.4 Å². The number of carboxylic acid groups (broad SMARTS) is 1. The van der Waals surface area contributed by atoms with Crippen LogP contribution in [0.15, 0.2) is 24.3 Å². The van der Waals surface area contributed by atoms with Crippen molar-refractivity contribution in [2.75, 3.05) is 32.1 Å². The first kappa shape index (κ1) is 16.5. The topological polar surface area (TPSA) is 103 Å². The van der Waals surface area contributed by atoms with E-state index in [1.54, 1.807) is 24.3 Å². The Kier molecular flexibility index (Phi) is 6.71. The average molecular weight is 291 g/mol. The number of hydrogen-bond acceptors (Lipinski definition) is 4. The molecule has 1 aromatic rings. The Morgan fingerprint density at radius 1 is 1.38 bits per heavy atom. The van der Waals surface area contributed by atoms with E-state index in [1.165, 1.54) is 7.11 Å². The quantitative estimate of drug-likeness (QED) is 0.788. The van der Waals surface area contributed by atoms with Crippen LogP contribution in [0.2, 0.25) is 0 Å². The molecule has 0 radical (unpaired) electrons. The van der Waals surface area contributed by atoms with E-state index in [0.717, 1.165) is 10.5 Å². The van der Waals surface area contributed by atoms with E-state index in [-0.39, 0.29) is 13.2 Å². The number of rotatable bonds is 7. The Labute approximate surface area is 122 Å². The minimum Gasteiger partial charge on any atom is -0.480 e. The molecule has 7 heteroatoms. The molecule has 0 bridgehead atoms. The largest absolute Gasteiger partial charge is 0.480 e. The first-order chi connectivity index (χ1) is 10.1. The summed E-state index contributed by atoms with van der Waals surface area (Å²) < 4.78 is 4.85. The van der Waals surface area contributed by atoms with Crippen LogP contribution in [0.3, 0.4) is 0 Å². The number of anilines is 1. The molecule has 1 aromatic carbocycles. The predicted octanol–water partition coefficient (Wildman–Crippen LogP) is 1.32. The highest BCUT2D eigenvalue weighted by atomic mass is 16.5. The maximum atomic E-state index is 12.0. The molecular weight excluding hydrogens is 274 g/mol. The summed E-state index contributed by atoms with van der Waals surface area (Å²) in [5, 5.41) is 20.0. The van der Waals surface area contributed by atoms with E-state index in [4.69, 9.17) is 15.1 Å². The van der Waals surface area contributed by atoms with Crippen molar-refractivity contribution in [3.63, 3.8) is 0 Å². The molecule has 0 aliphatic rings. The van der Waals surface area contributed by atoms with Crippen molar-refractivity contribution in [1.82, 2.24) is 4.90 Å². The standard InChI is InChI=1S/C14H17N3O4/c1-21-9-8-17(10-13(18)19)14(20)16-12-4-2-11(3-5-12)6-7-15/h2-5H,6,8-10H2,1H3,(H,16,20)(H,18,19). The fourth-order valence-electron chi connectivity index (χ4n) is 1.62. The maximum absolute atomic E-state index is 12.0. The highest BCUT2D eigenvalue weighted by Gasteiger charge is 2.16. The molecule has 0 atom stereocenters. The van der Waals surface area contributed by atoms with Crippen LogP contribution in [-0.4, -0.2) is 48.8 Å². The van der Waals surface area contributed by atoms with Crippen molar-refractivity contribution in [2.45, 2.75) is 6.42 Å². The van der Waals surface area contributed by atoms with Gasteiger partial charge in [0.05, 0.1) is 19.1 Å². The first-order valence-corrected chi connectivity index (χ1v) is 6.29. The summed E-state index contributed by atoms with van der Waals surface area (Å²) in [6.07, 6.45) is 0.299. The minimum absolute atomic E-state index is 0.182. The van der Waals surface area contributed by atoms with E-state index in [1.807, 2.05) is 6.07 Å². The number of benzene rings is 1. The lowest BCUT2D eigenvalue weighted by molar-refractivity contribution is -0.137. The van der Waals surface area contributed by atoms with Crippen molar-refractivity contribution in [1.29, 1.82) is 5.26 Å². The van der Waals surface area contributed by atoms with Gasteiger partial charge in [-0.3, -0.25) is 4.79 Å². The fraction of sp³-hybridized carbons (Fsp3) is 0.357. The second-order valence-corrected chi connectivity index (χ2v) is 4.27. The van der Waals surface area contributed by atoms with Crippen LogP contribution in [0.1, 0.15) is 5.56 Å². The number of nitrogens with zero attached hydrogens (tertiary/aromatic N) is 2. The number of urea groups is 1. The molecule has 0 heterocycles. The van der Waals surface area contributed by atoms with Gasteiger partial charge < -0.3 is 20.1 Å². The Balaban J connectivity index is 2.66. The zero-order valence-corrected chi connectivity index (χ0v) is 11.7. The van der Waals surface area contributed by atoms with Gasteiger partial charge in [0.1, 0.15) is 6.54 Å². The zero-order valence-electron chi connectivity index (χ0n) is 11.7. The number of aliphatic carboxylic acids is 1. The molecule has 2 amide bonds. The van der Waals surface area contributed by atoms with Crippen LogP contribution < -0.4 is 5.32 Å². The molecule has 0 aliphatic carbocycles. The lowest BCUT2D eigenvalue weighted by atomic mass is 10.1. The number of ether oxygens (including phenoxy) is 1. The van der Waals surface area contributed by atoms with E-state index in [9.17, 15) is 9.59 Å². The molecule has 0 saturated heterocycles. The summed E-state index contributed by atoms with van der Waals surface area (Å²) in [5.41, 5.74) is 1.38. The lowest BCUT2D eigenvalue weighted by Gasteiger charge is -2.20. The molecule has 0 spiro atoms. The number of nitrogens with one attached hydrogen (secondary N) is 1. The number of hydrogen-bond donors (Lipinski definition) is 2.